The van der Waals surface area contributed by atoms with E-state index in [1.54, 1.807) is 12.3 Å². The monoisotopic (exact) mass is 281 g/mol. The van der Waals surface area contributed by atoms with Crippen LogP contribution in [0.2, 0.25) is 5.02 Å². The highest BCUT2D eigenvalue weighted by molar-refractivity contribution is 6.30. The zero-order chi connectivity index (χ0) is 13.8. The fourth-order valence-corrected chi connectivity index (χ4v) is 2.21. The first-order valence-electron chi connectivity index (χ1n) is 6.29. The molecule has 2 atom stereocenters. The molecule has 0 aliphatic carbocycles. The van der Waals surface area contributed by atoms with Crippen LogP contribution < -0.4 is 5.32 Å². The molecule has 2 nitrogen and oxygen atoms in total. The largest absolute Gasteiger partial charge is 0.469 e. The average molecular weight is 282 g/mol. The molecule has 0 amide bonds. The first-order chi connectivity index (χ1) is 9.06. The van der Waals surface area contributed by atoms with E-state index in [0.717, 1.165) is 17.7 Å². The quantitative estimate of drug-likeness (QED) is 0.881. The Kier molecular flexibility index (Phi) is 4.61. The van der Waals surface area contributed by atoms with Gasteiger partial charge in [-0.05, 0) is 43.7 Å². The number of benzene rings is 1. The minimum absolute atomic E-state index is 0.0525. The van der Waals surface area contributed by atoms with Crippen molar-refractivity contribution in [2.45, 2.75) is 32.4 Å². The maximum absolute atomic E-state index is 13.4. The fraction of sp³-hybridized carbons (Fsp3) is 0.333. The lowest BCUT2D eigenvalue weighted by Crippen LogP contribution is -2.30. The van der Waals surface area contributed by atoms with Crippen LogP contribution in [0.4, 0.5) is 4.39 Å². The van der Waals surface area contributed by atoms with Crippen LogP contribution >= 0.6 is 11.6 Å². The Morgan fingerprint density at radius 2 is 2.11 bits per heavy atom. The Balaban J connectivity index is 1.96. The zero-order valence-electron chi connectivity index (χ0n) is 11.0. The summed E-state index contributed by atoms with van der Waals surface area (Å²) < 4.78 is 18.7. The van der Waals surface area contributed by atoms with Gasteiger partial charge in [0.15, 0.2) is 0 Å². The maximum atomic E-state index is 13.4. The molecule has 0 saturated carbocycles. The molecule has 1 aromatic carbocycles. The van der Waals surface area contributed by atoms with Gasteiger partial charge in [-0.2, -0.15) is 0 Å². The number of nitrogens with one attached hydrogen (secondary N) is 1. The third-order valence-electron chi connectivity index (χ3n) is 3.07. The van der Waals surface area contributed by atoms with Crippen LogP contribution in [-0.4, -0.2) is 6.04 Å². The number of halogens is 2. The highest BCUT2D eigenvalue weighted by Crippen LogP contribution is 2.20. The third kappa shape index (κ3) is 3.82. The molecule has 0 aliphatic rings. The molecule has 0 radical (unpaired) electrons. The van der Waals surface area contributed by atoms with Crippen LogP contribution in [0.5, 0.6) is 0 Å². The van der Waals surface area contributed by atoms with E-state index in [0.29, 0.717) is 0 Å². The molecule has 0 bridgehead atoms. The predicted octanol–water partition coefficient (Wildman–Crippen LogP) is 4.35. The molecular weight excluding hydrogens is 265 g/mol. The van der Waals surface area contributed by atoms with Crippen molar-refractivity contribution in [2.75, 3.05) is 0 Å². The predicted molar refractivity (Wildman–Crippen MR) is 74.8 cm³/mol. The molecule has 0 saturated heterocycles. The molecule has 19 heavy (non-hydrogen) atoms. The molecule has 0 fully saturated rings. The summed E-state index contributed by atoms with van der Waals surface area (Å²) in [4.78, 5) is 0. The van der Waals surface area contributed by atoms with E-state index in [-0.39, 0.29) is 22.9 Å². The van der Waals surface area contributed by atoms with Crippen LogP contribution in [-0.2, 0) is 6.42 Å². The van der Waals surface area contributed by atoms with Crippen molar-refractivity contribution in [2.24, 2.45) is 0 Å². The van der Waals surface area contributed by atoms with Crippen molar-refractivity contribution in [1.29, 1.82) is 0 Å². The van der Waals surface area contributed by atoms with Crippen molar-refractivity contribution in [3.05, 3.63) is 58.8 Å². The van der Waals surface area contributed by atoms with Crippen LogP contribution in [0.1, 0.15) is 31.2 Å². The molecule has 1 heterocycles. The number of hydrogen-bond acceptors (Lipinski definition) is 2. The van der Waals surface area contributed by atoms with Gasteiger partial charge in [-0.15, -0.1) is 0 Å². The summed E-state index contributed by atoms with van der Waals surface area (Å²) >= 11 is 5.68. The van der Waals surface area contributed by atoms with E-state index in [4.69, 9.17) is 16.0 Å². The lowest BCUT2D eigenvalue weighted by atomic mass is 10.1. The van der Waals surface area contributed by atoms with Crippen molar-refractivity contribution in [3.63, 3.8) is 0 Å². The van der Waals surface area contributed by atoms with E-state index in [1.165, 1.54) is 6.07 Å². The van der Waals surface area contributed by atoms with Crippen molar-refractivity contribution < 1.29 is 8.81 Å². The van der Waals surface area contributed by atoms with Crippen molar-refractivity contribution in [1.82, 2.24) is 5.32 Å². The third-order valence-corrected chi connectivity index (χ3v) is 3.37. The molecule has 102 valence electrons. The SMILES string of the molecule is CC(Cc1ccco1)NC(C)c1ccc(Cl)c(F)c1. The fourth-order valence-electron chi connectivity index (χ4n) is 2.09. The van der Waals surface area contributed by atoms with Gasteiger partial charge in [0.05, 0.1) is 11.3 Å². The lowest BCUT2D eigenvalue weighted by Gasteiger charge is -2.20. The second-order valence-electron chi connectivity index (χ2n) is 4.75. The Morgan fingerprint density at radius 3 is 2.74 bits per heavy atom. The van der Waals surface area contributed by atoms with E-state index in [2.05, 4.69) is 12.2 Å². The van der Waals surface area contributed by atoms with Gasteiger partial charge in [0.1, 0.15) is 11.6 Å². The standard InChI is InChI=1S/C15H17ClFNO/c1-10(8-13-4-3-7-19-13)18-11(2)12-5-6-14(16)15(17)9-12/h3-7,9-11,18H,8H2,1-2H3. The Bertz CT molecular complexity index is 527. The molecule has 2 aromatic rings. The lowest BCUT2D eigenvalue weighted by molar-refractivity contribution is 0.428. The normalized spacial score (nSPS) is 14.3. The first kappa shape index (κ1) is 14.1. The Hall–Kier alpha value is -1.32. The van der Waals surface area contributed by atoms with Crippen molar-refractivity contribution >= 4 is 11.6 Å². The van der Waals surface area contributed by atoms with Crippen molar-refractivity contribution in [3.8, 4) is 0 Å². The van der Waals surface area contributed by atoms with E-state index in [9.17, 15) is 4.39 Å². The topological polar surface area (TPSA) is 25.2 Å². The van der Waals surface area contributed by atoms with Gasteiger partial charge in [-0.1, -0.05) is 17.7 Å². The molecule has 1 N–H and O–H groups in total. The van der Waals surface area contributed by atoms with E-state index >= 15 is 0 Å². The summed E-state index contributed by atoms with van der Waals surface area (Å²) in [5.41, 5.74) is 0.883. The first-order valence-corrected chi connectivity index (χ1v) is 6.67. The second kappa shape index (κ2) is 6.22. The second-order valence-corrected chi connectivity index (χ2v) is 5.15. The summed E-state index contributed by atoms with van der Waals surface area (Å²) in [5.74, 6) is 0.556. The molecule has 2 rings (SSSR count). The summed E-state index contributed by atoms with van der Waals surface area (Å²) in [6, 6.07) is 9.01. The zero-order valence-corrected chi connectivity index (χ0v) is 11.7. The molecule has 1 aromatic heterocycles. The number of rotatable bonds is 5. The average Bonchev–Trinajstić information content (AvgIpc) is 2.85. The molecule has 0 spiro atoms. The molecule has 4 heteroatoms. The minimum atomic E-state index is -0.383. The van der Waals surface area contributed by atoms with Gasteiger partial charge in [0, 0.05) is 18.5 Å². The molecule has 2 unspecified atom stereocenters. The number of furan rings is 1. The van der Waals surface area contributed by atoms with E-state index in [1.807, 2.05) is 25.1 Å². The smallest absolute Gasteiger partial charge is 0.142 e. The Labute approximate surface area is 117 Å². The van der Waals surface area contributed by atoms with E-state index < -0.39 is 0 Å². The van der Waals surface area contributed by atoms with Gasteiger partial charge in [0.2, 0.25) is 0 Å². The highest BCUT2D eigenvalue weighted by atomic mass is 35.5. The highest BCUT2D eigenvalue weighted by Gasteiger charge is 2.12. The van der Waals surface area contributed by atoms with Crippen LogP contribution in [0.15, 0.2) is 41.0 Å². The van der Waals surface area contributed by atoms with Gasteiger partial charge in [0.25, 0.3) is 0 Å². The minimum Gasteiger partial charge on any atom is -0.469 e. The maximum Gasteiger partial charge on any atom is 0.142 e. The Morgan fingerprint density at radius 1 is 1.32 bits per heavy atom. The van der Waals surface area contributed by atoms with Gasteiger partial charge in [-0.25, -0.2) is 4.39 Å². The molecule has 0 aliphatic heterocycles. The summed E-state index contributed by atoms with van der Waals surface area (Å²) in [5, 5.41) is 3.56. The number of hydrogen-bond donors (Lipinski definition) is 1. The summed E-state index contributed by atoms with van der Waals surface area (Å²) in [7, 11) is 0. The van der Waals surface area contributed by atoms with Gasteiger partial charge in [-0.3, -0.25) is 0 Å². The summed E-state index contributed by atoms with van der Waals surface area (Å²) in [6.45, 7) is 4.08. The van der Waals surface area contributed by atoms with Crippen LogP contribution in [0, 0.1) is 5.82 Å². The summed E-state index contributed by atoms with van der Waals surface area (Å²) in [6.07, 6.45) is 2.47. The van der Waals surface area contributed by atoms with Gasteiger partial charge >= 0.3 is 0 Å². The van der Waals surface area contributed by atoms with Crippen LogP contribution in [0.25, 0.3) is 0 Å². The van der Waals surface area contributed by atoms with Gasteiger partial charge < -0.3 is 9.73 Å². The van der Waals surface area contributed by atoms with Crippen LogP contribution in [0.3, 0.4) is 0 Å². The molecular formula is C15H17ClFNO.